The molecule has 1 heterocycles. The Hall–Kier alpha value is -3.40. The summed E-state index contributed by atoms with van der Waals surface area (Å²) < 4.78 is 15.7. The number of imidazole rings is 1. The Kier molecular flexibility index (Phi) is 6.13. The molecule has 10 heteroatoms. The number of nitro groups is 1. The number of nitrogens with zero attached hydrogens (tertiary/aromatic N) is 4. The van der Waals surface area contributed by atoms with E-state index in [1.807, 2.05) is 0 Å². The van der Waals surface area contributed by atoms with Crippen LogP contribution in [-0.2, 0) is 11.4 Å². The van der Waals surface area contributed by atoms with Gasteiger partial charge in [0.15, 0.2) is 0 Å². The Morgan fingerprint density at radius 1 is 1.28 bits per heavy atom. The van der Waals surface area contributed by atoms with Gasteiger partial charge in [-0.3, -0.25) is 0 Å². The second-order valence-corrected chi connectivity index (χ2v) is 6.88. The topological polar surface area (TPSA) is 99.6 Å². The Morgan fingerprint density at radius 3 is 2.62 bits per heavy atom. The normalized spacial score (nSPS) is 11.3. The first-order valence-electron chi connectivity index (χ1n) is 8.31. The van der Waals surface area contributed by atoms with Crippen LogP contribution in [0.25, 0.3) is 0 Å². The maximum absolute atomic E-state index is 13.3. The van der Waals surface area contributed by atoms with Crippen molar-refractivity contribution in [1.29, 1.82) is 0 Å². The van der Waals surface area contributed by atoms with Crippen LogP contribution in [0.4, 0.5) is 10.2 Å². The van der Waals surface area contributed by atoms with Gasteiger partial charge in [-0.2, -0.15) is 0 Å². The van der Waals surface area contributed by atoms with E-state index in [2.05, 4.69) is 26.1 Å². The lowest BCUT2D eigenvalue weighted by Gasteiger charge is -2.08. The van der Waals surface area contributed by atoms with Crippen molar-refractivity contribution in [1.82, 2.24) is 9.55 Å². The van der Waals surface area contributed by atoms with Gasteiger partial charge in [-0.05, 0) is 40.2 Å². The molecule has 0 spiro atoms. The molecule has 0 fully saturated rings. The zero-order chi connectivity index (χ0) is 21.0. The summed E-state index contributed by atoms with van der Waals surface area (Å²) in [6, 6.07) is 12.1. The first-order chi connectivity index (χ1) is 13.8. The summed E-state index contributed by atoms with van der Waals surface area (Å²) in [5, 5.41) is 14.9. The monoisotopic (exact) mass is 460 g/mol. The Labute approximate surface area is 172 Å². The minimum absolute atomic E-state index is 0.0124. The van der Waals surface area contributed by atoms with Crippen LogP contribution in [0.2, 0.25) is 0 Å². The molecule has 0 unspecified atom stereocenters. The molecule has 2 aromatic carbocycles. The molecule has 0 bridgehead atoms. The average molecular weight is 461 g/mol. The summed E-state index contributed by atoms with van der Waals surface area (Å²) in [5.41, 5.74) is 0.979. The lowest BCUT2D eigenvalue weighted by molar-refractivity contribution is -0.389. The molecule has 0 aliphatic rings. The van der Waals surface area contributed by atoms with Gasteiger partial charge in [-0.15, -0.1) is 0 Å². The summed E-state index contributed by atoms with van der Waals surface area (Å²) in [6.45, 7) is 1.69. The van der Waals surface area contributed by atoms with E-state index in [1.54, 1.807) is 31.2 Å². The van der Waals surface area contributed by atoms with E-state index < -0.39 is 16.7 Å². The van der Waals surface area contributed by atoms with E-state index in [-0.39, 0.29) is 17.9 Å². The highest BCUT2D eigenvalue weighted by Gasteiger charge is 2.18. The number of benzene rings is 2. The highest BCUT2D eigenvalue weighted by molar-refractivity contribution is 9.10. The molecule has 1 aromatic heterocycles. The van der Waals surface area contributed by atoms with Crippen molar-refractivity contribution in [3.63, 3.8) is 0 Å². The van der Waals surface area contributed by atoms with Crippen LogP contribution in [-0.4, -0.2) is 26.2 Å². The number of oxime groups is 1. The van der Waals surface area contributed by atoms with Crippen molar-refractivity contribution in [2.75, 3.05) is 0 Å². The van der Waals surface area contributed by atoms with Gasteiger partial charge in [0.2, 0.25) is 5.82 Å². The molecule has 0 aliphatic carbocycles. The van der Waals surface area contributed by atoms with Crippen molar-refractivity contribution < 1.29 is 18.9 Å². The number of hydrogen-bond donors (Lipinski definition) is 0. The second-order valence-electron chi connectivity index (χ2n) is 5.97. The van der Waals surface area contributed by atoms with Crippen LogP contribution in [0, 0.1) is 22.9 Å². The van der Waals surface area contributed by atoms with Gasteiger partial charge in [-0.1, -0.05) is 39.3 Å². The van der Waals surface area contributed by atoms with Crippen molar-refractivity contribution in [3.05, 3.63) is 92.1 Å². The number of aryl methyl sites for hydroxylation is 1. The summed E-state index contributed by atoms with van der Waals surface area (Å²) in [5.74, 6) is -1.29. The van der Waals surface area contributed by atoms with Crippen molar-refractivity contribution in [2.45, 2.75) is 13.5 Å². The predicted octanol–water partition coefficient (Wildman–Crippen LogP) is 4.26. The molecule has 0 aliphatic heterocycles. The van der Waals surface area contributed by atoms with Crippen LogP contribution in [0.1, 0.15) is 21.7 Å². The molecule has 0 atom stereocenters. The zero-order valence-corrected chi connectivity index (χ0v) is 16.7. The SMILES string of the molecule is Cc1nc([N+](=O)[O-])cn1C/C(=N/OC(=O)c1cccc(F)c1)c1ccc(Br)cc1. The van der Waals surface area contributed by atoms with Gasteiger partial charge in [0.25, 0.3) is 0 Å². The standard InChI is InChI=1S/C19H14BrFN4O4/c1-12-22-18(25(27)28)11-24(12)10-17(13-5-7-15(20)8-6-13)23-29-19(26)14-3-2-4-16(21)9-14/h2-9,11H,10H2,1H3/b23-17-. The minimum atomic E-state index is -0.826. The van der Waals surface area contributed by atoms with Crippen molar-refractivity contribution >= 4 is 33.4 Å². The van der Waals surface area contributed by atoms with Gasteiger partial charge >= 0.3 is 11.8 Å². The van der Waals surface area contributed by atoms with Gasteiger partial charge in [-0.25, -0.2) is 9.18 Å². The quantitative estimate of drug-likeness (QED) is 0.236. The molecule has 0 N–H and O–H groups in total. The maximum Gasteiger partial charge on any atom is 0.381 e. The van der Waals surface area contributed by atoms with Gasteiger partial charge in [0.1, 0.15) is 17.7 Å². The van der Waals surface area contributed by atoms with E-state index in [1.165, 1.54) is 29.0 Å². The fourth-order valence-electron chi connectivity index (χ4n) is 2.48. The number of rotatable bonds is 6. The molecule has 0 radical (unpaired) electrons. The van der Waals surface area contributed by atoms with Crippen LogP contribution >= 0.6 is 15.9 Å². The van der Waals surface area contributed by atoms with E-state index in [4.69, 9.17) is 4.84 Å². The van der Waals surface area contributed by atoms with Gasteiger partial charge in [0.05, 0.1) is 12.1 Å². The fraction of sp³-hybridized carbons (Fsp3) is 0.105. The van der Waals surface area contributed by atoms with Crippen LogP contribution in [0.3, 0.4) is 0 Å². The largest absolute Gasteiger partial charge is 0.381 e. The minimum Gasteiger partial charge on any atom is -0.358 e. The number of aromatic nitrogens is 2. The molecule has 29 heavy (non-hydrogen) atoms. The van der Waals surface area contributed by atoms with Gasteiger partial charge < -0.3 is 19.5 Å². The molecule has 148 valence electrons. The smallest absolute Gasteiger partial charge is 0.358 e. The Bertz CT molecular complexity index is 1100. The van der Waals surface area contributed by atoms with E-state index in [0.29, 0.717) is 17.1 Å². The average Bonchev–Trinajstić information content (AvgIpc) is 3.06. The number of carbonyl (C=O) groups excluding carboxylic acids is 1. The van der Waals surface area contributed by atoms with Crippen LogP contribution < -0.4 is 0 Å². The Balaban J connectivity index is 1.90. The van der Waals surface area contributed by atoms with Crippen LogP contribution in [0.15, 0.2) is 64.4 Å². The molecule has 3 rings (SSSR count). The van der Waals surface area contributed by atoms with Crippen molar-refractivity contribution in [2.24, 2.45) is 5.16 Å². The third-order valence-electron chi connectivity index (χ3n) is 3.95. The third-order valence-corrected chi connectivity index (χ3v) is 4.48. The third kappa shape index (κ3) is 5.11. The Morgan fingerprint density at radius 2 is 2.00 bits per heavy atom. The van der Waals surface area contributed by atoms with Gasteiger partial charge in [0, 0.05) is 17.0 Å². The maximum atomic E-state index is 13.3. The van der Waals surface area contributed by atoms with Crippen molar-refractivity contribution in [3.8, 4) is 0 Å². The molecule has 0 saturated heterocycles. The van der Waals surface area contributed by atoms with E-state index in [0.717, 1.165) is 10.5 Å². The molecule has 0 saturated carbocycles. The second kappa shape index (κ2) is 8.74. The highest BCUT2D eigenvalue weighted by atomic mass is 79.9. The first-order valence-corrected chi connectivity index (χ1v) is 9.10. The fourth-order valence-corrected chi connectivity index (χ4v) is 2.75. The van der Waals surface area contributed by atoms with E-state index in [9.17, 15) is 19.3 Å². The molecule has 8 nitrogen and oxygen atoms in total. The zero-order valence-electron chi connectivity index (χ0n) is 15.1. The number of carbonyl (C=O) groups is 1. The summed E-state index contributed by atoms with van der Waals surface area (Å²) >= 11 is 3.34. The predicted molar refractivity (Wildman–Crippen MR) is 106 cm³/mol. The summed E-state index contributed by atoms with van der Waals surface area (Å²) in [7, 11) is 0. The summed E-state index contributed by atoms with van der Waals surface area (Å²) in [4.78, 5) is 31.4. The molecular formula is C19H14BrFN4O4. The van der Waals surface area contributed by atoms with E-state index >= 15 is 0 Å². The first kappa shape index (κ1) is 20.3. The molecular weight excluding hydrogens is 447 g/mol. The lowest BCUT2D eigenvalue weighted by Crippen LogP contribution is -2.14. The number of halogens is 2. The lowest BCUT2D eigenvalue weighted by atomic mass is 10.1. The molecule has 0 amide bonds. The van der Waals surface area contributed by atoms with Crippen LogP contribution in [0.5, 0.6) is 0 Å². The number of hydrogen-bond acceptors (Lipinski definition) is 6. The highest BCUT2D eigenvalue weighted by Crippen LogP contribution is 2.16. The summed E-state index contributed by atoms with van der Waals surface area (Å²) in [6.07, 6.45) is 1.28. The molecule has 3 aromatic rings.